The van der Waals surface area contributed by atoms with Crippen LogP contribution in [0.3, 0.4) is 0 Å². The van der Waals surface area contributed by atoms with Gasteiger partial charge in [-0.05, 0) is 50.1 Å². The Morgan fingerprint density at radius 2 is 1.77 bits per heavy atom. The van der Waals surface area contributed by atoms with Crippen molar-refractivity contribution in [1.82, 2.24) is 5.32 Å². The maximum Gasteiger partial charge on any atom is 0.335 e. The molecule has 0 aliphatic carbocycles. The average Bonchev–Trinajstić information content (AvgIpc) is 2.61. The van der Waals surface area contributed by atoms with Gasteiger partial charge in [0.2, 0.25) is 0 Å². The van der Waals surface area contributed by atoms with Crippen LogP contribution in [0.15, 0.2) is 53.4 Å². The molecular formula is C19H21NO5S. The van der Waals surface area contributed by atoms with Crippen molar-refractivity contribution in [2.24, 2.45) is 0 Å². The van der Waals surface area contributed by atoms with Crippen molar-refractivity contribution in [3.05, 3.63) is 65.2 Å². The van der Waals surface area contributed by atoms with Gasteiger partial charge < -0.3 is 10.4 Å². The van der Waals surface area contributed by atoms with Crippen LogP contribution >= 0.6 is 0 Å². The maximum absolute atomic E-state index is 12.4. The Hall–Kier alpha value is -2.67. The van der Waals surface area contributed by atoms with E-state index in [0.29, 0.717) is 6.42 Å². The third-order valence-electron chi connectivity index (χ3n) is 3.93. The highest BCUT2D eigenvalue weighted by atomic mass is 32.2. The van der Waals surface area contributed by atoms with Gasteiger partial charge in [0.25, 0.3) is 5.91 Å². The van der Waals surface area contributed by atoms with Crippen LogP contribution in [0.25, 0.3) is 0 Å². The zero-order valence-corrected chi connectivity index (χ0v) is 15.4. The number of amides is 1. The molecule has 26 heavy (non-hydrogen) atoms. The molecule has 138 valence electrons. The van der Waals surface area contributed by atoms with Gasteiger partial charge in [-0.3, -0.25) is 4.79 Å². The van der Waals surface area contributed by atoms with Gasteiger partial charge >= 0.3 is 5.97 Å². The Labute approximate surface area is 152 Å². The molecule has 0 aliphatic rings. The van der Waals surface area contributed by atoms with Crippen LogP contribution in [0.2, 0.25) is 0 Å². The lowest BCUT2D eigenvalue weighted by Crippen LogP contribution is -2.28. The number of carboxylic acids is 1. The second kappa shape index (κ2) is 8.14. The molecule has 2 rings (SSSR count). The predicted molar refractivity (Wildman–Crippen MR) is 98.2 cm³/mol. The summed E-state index contributed by atoms with van der Waals surface area (Å²) in [6, 6.07) is 12.6. The van der Waals surface area contributed by atoms with E-state index in [-0.39, 0.29) is 22.6 Å². The van der Waals surface area contributed by atoms with Gasteiger partial charge in [0.15, 0.2) is 9.84 Å². The van der Waals surface area contributed by atoms with Crippen molar-refractivity contribution in [3.8, 4) is 0 Å². The molecule has 7 heteroatoms. The first-order valence-electron chi connectivity index (χ1n) is 8.17. The van der Waals surface area contributed by atoms with Gasteiger partial charge in [-0.1, -0.05) is 24.3 Å². The molecule has 0 aromatic heterocycles. The summed E-state index contributed by atoms with van der Waals surface area (Å²) < 4.78 is 24.8. The summed E-state index contributed by atoms with van der Waals surface area (Å²) in [4.78, 5) is 23.4. The summed E-state index contributed by atoms with van der Waals surface area (Å²) in [5.74, 6) is -1.48. The predicted octanol–water partition coefficient (Wildman–Crippen LogP) is 2.54. The van der Waals surface area contributed by atoms with E-state index in [9.17, 15) is 18.0 Å². The Morgan fingerprint density at radius 1 is 1.08 bits per heavy atom. The Balaban J connectivity index is 2.10. The lowest BCUT2D eigenvalue weighted by Gasteiger charge is -2.13. The molecule has 0 atom stereocenters. The lowest BCUT2D eigenvalue weighted by molar-refractivity contribution is 0.0696. The van der Waals surface area contributed by atoms with E-state index in [1.807, 2.05) is 0 Å². The summed E-state index contributed by atoms with van der Waals surface area (Å²) in [6.07, 6.45) is 0.436. The minimum atomic E-state index is -3.57. The Bertz CT molecular complexity index is 919. The van der Waals surface area contributed by atoms with E-state index in [1.165, 1.54) is 18.2 Å². The molecule has 2 N–H and O–H groups in total. The van der Waals surface area contributed by atoms with E-state index >= 15 is 0 Å². The van der Waals surface area contributed by atoms with Crippen molar-refractivity contribution in [2.75, 3.05) is 6.54 Å². The molecule has 0 saturated carbocycles. The van der Waals surface area contributed by atoms with E-state index in [1.54, 1.807) is 44.2 Å². The van der Waals surface area contributed by atoms with Crippen LogP contribution in [0, 0.1) is 0 Å². The first-order valence-corrected chi connectivity index (χ1v) is 9.71. The fraction of sp³-hybridized carbons (Fsp3) is 0.263. The molecule has 6 nitrogen and oxygen atoms in total. The second-order valence-corrected chi connectivity index (χ2v) is 8.57. The average molecular weight is 375 g/mol. The van der Waals surface area contributed by atoms with Gasteiger partial charge in [-0.2, -0.15) is 0 Å². The van der Waals surface area contributed by atoms with Crippen LogP contribution in [0.4, 0.5) is 0 Å². The standard InChI is InChI=1S/C19H21NO5S/c1-13(2)26(24,25)17-9-4-3-8-16(17)18(21)20-11-10-14-6-5-7-15(12-14)19(22)23/h3-9,12-13H,10-11H2,1-2H3,(H,20,21)(H,22,23). The van der Waals surface area contributed by atoms with Crippen molar-refractivity contribution in [1.29, 1.82) is 0 Å². The van der Waals surface area contributed by atoms with E-state index in [4.69, 9.17) is 5.11 Å². The molecule has 2 aromatic carbocycles. The third-order valence-corrected chi connectivity index (χ3v) is 6.14. The summed E-state index contributed by atoms with van der Waals surface area (Å²) in [5, 5.41) is 11.1. The van der Waals surface area contributed by atoms with Gasteiger partial charge in [0.05, 0.1) is 21.3 Å². The number of carbonyl (C=O) groups is 2. The minimum Gasteiger partial charge on any atom is -0.478 e. The van der Waals surface area contributed by atoms with Crippen LogP contribution < -0.4 is 5.32 Å². The molecule has 2 aromatic rings. The molecule has 0 heterocycles. The molecular weight excluding hydrogens is 354 g/mol. The lowest BCUT2D eigenvalue weighted by atomic mass is 10.1. The number of sulfone groups is 1. The fourth-order valence-corrected chi connectivity index (χ4v) is 3.68. The highest BCUT2D eigenvalue weighted by Crippen LogP contribution is 2.20. The zero-order valence-electron chi connectivity index (χ0n) is 14.6. The summed E-state index contributed by atoms with van der Waals surface area (Å²) >= 11 is 0. The van der Waals surface area contributed by atoms with Gasteiger partial charge in [0, 0.05) is 6.54 Å². The largest absolute Gasteiger partial charge is 0.478 e. The second-order valence-electron chi connectivity index (χ2n) is 6.10. The minimum absolute atomic E-state index is 0.0142. The highest BCUT2D eigenvalue weighted by Gasteiger charge is 2.24. The molecule has 0 aliphatic heterocycles. The number of carboxylic acid groups (broad SMARTS) is 1. The normalized spacial score (nSPS) is 11.3. The number of carbonyl (C=O) groups excluding carboxylic acids is 1. The van der Waals surface area contributed by atoms with Gasteiger partial charge in [-0.25, -0.2) is 13.2 Å². The monoisotopic (exact) mass is 375 g/mol. The Morgan fingerprint density at radius 3 is 2.42 bits per heavy atom. The molecule has 0 saturated heterocycles. The maximum atomic E-state index is 12.4. The first kappa shape index (κ1) is 19.7. The topological polar surface area (TPSA) is 101 Å². The number of aromatic carboxylic acids is 1. The summed E-state index contributed by atoms with van der Waals surface area (Å²) in [5.41, 5.74) is 1.07. The van der Waals surface area contributed by atoms with Crippen LogP contribution in [-0.2, 0) is 16.3 Å². The molecule has 0 bridgehead atoms. The van der Waals surface area contributed by atoms with Gasteiger partial charge in [-0.15, -0.1) is 0 Å². The van der Waals surface area contributed by atoms with Crippen LogP contribution in [0.5, 0.6) is 0 Å². The van der Waals surface area contributed by atoms with Crippen molar-refractivity contribution in [3.63, 3.8) is 0 Å². The summed E-state index contributed by atoms with van der Waals surface area (Å²) in [6.45, 7) is 3.40. The van der Waals surface area contributed by atoms with E-state index in [0.717, 1.165) is 5.56 Å². The molecule has 0 radical (unpaired) electrons. The van der Waals surface area contributed by atoms with Crippen molar-refractivity contribution >= 4 is 21.7 Å². The SMILES string of the molecule is CC(C)S(=O)(=O)c1ccccc1C(=O)NCCc1cccc(C(=O)O)c1. The van der Waals surface area contributed by atoms with Crippen molar-refractivity contribution in [2.45, 2.75) is 30.4 Å². The number of hydrogen-bond acceptors (Lipinski definition) is 4. The zero-order chi connectivity index (χ0) is 19.3. The van der Waals surface area contributed by atoms with Crippen LogP contribution in [0.1, 0.15) is 40.1 Å². The summed E-state index contributed by atoms with van der Waals surface area (Å²) in [7, 11) is -3.57. The third kappa shape index (κ3) is 4.49. The molecule has 1 amide bonds. The molecule has 0 fully saturated rings. The van der Waals surface area contributed by atoms with E-state index in [2.05, 4.69) is 5.32 Å². The first-order chi connectivity index (χ1) is 12.2. The molecule has 0 unspecified atom stereocenters. The highest BCUT2D eigenvalue weighted by molar-refractivity contribution is 7.92. The fourth-order valence-electron chi connectivity index (χ4n) is 2.43. The number of benzene rings is 2. The van der Waals surface area contributed by atoms with Crippen LogP contribution in [-0.4, -0.2) is 37.2 Å². The van der Waals surface area contributed by atoms with E-state index < -0.39 is 27.0 Å². The number of hydrogen-bond donors (Lipinski definition) is 2. The smallest absolute Gasteiger partial charge is 0.335 e. The Kier molecular flexibility index (Phi) is 6.15. The molecule has 0 spiro atoms. The number of nitrogens with one attached hydrogen (secondary N) is 1. The van der Waals surface area contributed by atoms with Crippen molar-refractivity contribution < 1.29 is 23.1 Å². The quantitative estimate of drug-likeness (QED) is 0.774. The van der Waals surface area contributed by atoms with Gasteiger partial charge in [0.1, 0.15) is 0 Å². The number of rotatable bonds is 7.